The van der Waals surface area contributed by atoms with Crippen LogP contribution in [0.5, 0.6) is 0 Å². The molecule has 0 aromatic heterocycles. The van der Waals surface area contributed by atoms with Gasteiger partial charge < -0.3 is 15.4 Å². The van der Waals surface area contributed by atoms with E-state index in [1.54, 1.807) is 0 Å². The van der Waals surface area contributed by atoms with Crippen molar-refractivity contribution in [2.45, 2.75) is 51.9 Å². The number of anilines is 1. The van der Waals surface area contributed by atoms with E-state index in [4.69, 9.17) is 10.5 Å². The average Bonchev–Trinajstić information content (AvgIpc) is 2.24. The standard InChI is InChI=1S/C16H25FN2O/c1-11(18)12-6-7-14(13(17)8-12)19-9-15(2,3)20-16(4,5)10-19/h6-8,11H,9-10,18H2,1-5H3. The van der Waals surface area contributed by atoms with Crippen molar-refractivity contribution in [3.8, 4) is 0 Å². The second-order valence-electron chi connectivity index (χ2n) is 6.98. The van der Waals surface area contributed by atoms with Crippen LogP contribution in [-0.2, 0) is 4.74 Å². The molecule has 0 amide bonds. The first-order valence-electron chi connectivity index (χ1n) is 7.10. The summed E-state index contributed by atoms with van der Waals surface area (Å²) in [6.07, 6.45) is 0. The zero-order valence-electron chi connectivity index (χ0n) is 13.0. The van der Waals surface area contributed by atoms with E-state index >= 15 is 0 Å². The molecular formula is C16H25FN2O. The molecule has 112 valence electrons. The summed E-state index contributed by atoms with van der Waals surface area (Å²) >= 11 is 0. The van der Waals surface area contributed by atoms with Crippen molar-refractivity contribution >= 4 is 5.69 Å². The molecule has 1 atom stereocenters. The number of halogens is 1. The Labute approximate surface area is 120 Å². The Bertz CT molecular complexity index is 481. The summed E-state index contributed by atoms with van der Waals surface area (Å²) in [5.74, 6) is -0.215. The summed E-state index contributed by atoms with van der Waals surface area (Å²) in [4.78, 5) is 2.06. The molecule has 2 N–H and O–H groups in total. The third kappa shape index (κ3) is 3.30. The number of benzene rings is 1. The van der Waals surface area contributed by atoms with Gasteiger partial charge in [0.15, 0.2) is 0 Å². The molecule has 20 heavy (non-hydrogen) atoms. The Morgan fingerprint density at radius 2 is 1.75 bits per heavy atom. The van der Waals surface area contributed by atoms with Crippen molar-refractivity contribution in [3.05, 3.63) is 29.6 Å². The SMILES string of the molecule is CC(N)c1ccc(N2CC(C)(C)OC(C)(C)C2)c(F)c1. The molecule has 0 saturated carbocycles. The van der Waals surface area contributed by atoms with Gasteiger partial charge in [0.25, 0.3) is 0 Å². The van der Waals surface area contributed by atoms with Crippen LogP contribution in [0.4, 0.5) is 10.1 Å². The van der Waals surface area contributed by atoms with Crippen molar-refractivity contribution in [1.82, 2.24) is 0 Å². The van der Waals surface area contributed by atoms with E-state index in [-0.39, 0.29) is 23.1 Å². The van der Waals surface area contributed by atoms with Gasteiger partial charge in [0.2, 0.25) is 0 Å². The molecule has 1 aliphatic heterocycles. The number of morpholine rings is 1. The zero-order valence-corrected chi connectivity index (χ0v) is 13.0. The highest BCUT2D eigenvalue weighted by Gasteiger charge is 2.38. The average molecular weight is 280 g/mol. The van der Waals surface area contributed by atoms with E-state index < -0.39 is 0 Å². The maximum Gasteiger partial charge on any atom is 0.146 e. The maximum absolute atomic E-state index is 14.4. The lowest BCUT2D eigenvalue weighted by Crippen LogP contribution is -2.57. The number of hydrogen-bond donors (Lipinski definition) is 1. The van der Waals surface area contributed by atoms with Gasteiger partial charge in [0, 0.05) is 19.1 Å². The molecule has 1 saturated heterocycles. The molecule has 1 heterocycles. The maximum atomic E-state index is 14.4. The van der Waals surface area contributed by atoms with E-state index in [1.165, 1.54) is 6.07 Å². The molecule has 2 rings (SSSR count). The lowest BCUT2D eigenvalue weighted by atomic mass is 9.98. The second kappa shape index (κ2) is 5.01. The fourth-order valence-electron chi connectivity index (χ4n) is 3.02. The molecule has 1 unspecified atom stereocenters. The van der Waals surface area contributed by atoms with Crippen molar-refractivity contribution in [3.63, 3.8) is 0 Å². The summed E-state index contributed by atoms with van der Waals surface area (Å²) in [6.45, 7) is 11.3. The lowest BCUT2D eigenvalue weighted by molar-refractivity contribution is -0.133. The number of ether oxygens (including phenoxy) is 1. The molecule has 0 bridgehead atoms. The van der Waals surface area contributed by atoms with Gasteiger partial charge in [-0.05, 0) is 52.3 Å². The van der Waals surface area contributed by atoms with E-state index in [0.29, 0.717) is 18.8 Å². The number of rotatable bonds is 2. The normalized spacial score (nSPS) is 22.6. The van der Waals surface area contributed by atoms with E-state index in [9.17, 15) is 4.39 Å². The number of nitrogens with zero attached hydrogens (tertiary/aromatic N) is 1. The molecule has 1 aromatic carbocycles. The van der Waals surface area contributed by atoms with Crippen LogP contribution in [0, 0.1) is 5.82 Å². The van der Waals surface area contributed by atoms with Crippen molar-refractivity contribution in [2.75, 3.05) is 18.0 Å². The second-order valence-corrected chi connectivity index (χ2v) is 6.98. The fourth-order valence-corrected chi connectivity index (χ4v) is 3.02. The predicted molar refractivity (Wildman–Crippen MR) is 80.5 cm³/mol. The quantitative estimate of drug-likeness (QED) is 0.904. The molecule has 4 heteroatoms. The Balaban J connectivity index is 2.31. The van der Waals surface area contributed by atoms with Gasteiger partial charge in [-0.25, -0.2) is 4.39 Å². The van der Waals surface area contributed by atoms with Crippen LogP contribution < -0.4 is 10.6 Å². The third-order valence-electron chi connectivity index (χ3n) is 3.53. The Morgan fingerprint density at radius 3 is 2.20 bits per heavy atom. The highest BCUT2D eigenvalue weighted by Crippen LogP contribution is 2.33. The minimum atomic E-state index is -0.298. The van der Waals surface area contributed by atoms with Crippen LogP contribution in [0.25, 0.3) is 0 Å². The van der Waals surface area contributed by atoms with E-state index in [0.717, 1.165) is 5.56 Å². The number of hydrogen-bond acceptors (Lipinski definition) is 3. The lowest BCUT2D eigenvalue weighted by Gasteiger charge is -2.48. The van der Waals surface area contributed by atoms with Crippen molar-refractivity contribution in [1.29, 1.82) is 0 Å². The molecule has 0 spiro atoms. The predicted octanol–water partition coefficient (Wildman–Crippen LogP) is 3.24. The first-order chi connectivity index (χ1) is 9.10. The minimum Gasteiger partial charge on any atom is -0.366 e. The Kier molecular flexibility index (Phi) is 3.82. The van der Waals surface area contributed by atoms with Gasteiger partial charge in [-0.2, -0.15) is 0 Å². The van der Waals surface area contributed by atoms with Crippen LogP contribution in [-0.4, -0.2) is 24.3 Å². The highest BCUT2D eigenvalue weighted by molar-refractivity contribution is 5.50. The molecule has 3 nitrogen and oxygen atoms in total. The fraction of sp³-hybridized carbons (Fsp3) is 0.625. The number of nitrogens with two attached hydrogens (primary N) is 1. The minimum absolute atomic E-state index is 0.156. The third-order valence-corrected chi connectivity index (χ3v) is 3.53. The van der Waals surface area contributed by atoms with Crippen LogP contribution in [0.3, 0.4) is 0 Å². The van der Waals surface area contributed by atoms with Gasteiger partial charge in [-0.3, -0.25) is 0 Å². The zero-order chi connectivity index (χ0) is 15.1. The molecule has 0 radical (unpaired) electrons. The Morgan fingerprint density at radius 1 is 1.20 bits per heavy atom. The van der Waals surface area contributed by atoms with Crippen LogP contribution in [0.15, 0.2) is 18.2 Å². The molecule has 1 aliphatic rings. The smallest absolute Gasteiger partial charge is 0.146 e. The summed E-state index contributed by atoms with van der Waals surface area (Å²) in [7, 11) is 0. The summed E-state index contributed by atoms with van der Waals surface area (Å²) in [6, 6.07) is 5.11. The van der Waals surface area contributed by atoms with Gasteiger partial charge >= 0.3 is 0 Å². The van der Waals surface area contributed by atoms with Gasteiger partial charge in [0.05, 0.1) is 16.9 Å². The molecule has 1 aromatic rings. The van der Waals surface area contributed by atoms with Gasteiger partial charge in [0.1, 0.15) is 5.82 Å². The molecule has 1 fully saturated rings. The monoisotopic (exact) mass is 280 g/mol. The first kappa shape index (κ1) is 15.3. The first-order valence-corrected chi connectivity index (χ1v) is 7.10. The van der Waals surface area contributed by atoms with Crippen molar-refractivity contribution in [2.24, 2.45) is 5.73 Å². The summed E-state index contributed by atoms with van der Waals surface area (Å²) in [5.41, 5.74) is 6.64. The van der Waals surface area contributed by atoms with Crippen LogP contribution in [0.1, 0.15) is 46.2 Å². The van der Waals surface area contributed by atoms with Crippen LogP contribution in [0.2, 0.25) is 0 Å². The molecular weight excluding hydrogens is 255 g/mol. The van der Waals surface area contributed by atoms with Gasteiger partial charge in [-0.1, -0.05) is 6.07 Å². The van der Waals surface area contributed by atoms with Gasteiger partial charge in [-0.15, -0.1) is 0 Å². The van der Waals surface area contributed by atoms with Crippen LogP contribution >= 0.6 is 0 Å². The topological polar surface area (TPSA) is 38.5 Å². The largest absolute Gasteiger partial charge is 0.366 e. The summed E-state index contributed by atoms with van der Waals surface area (Å²) < 4.78 is 20.4. The highest BCUT2D eigenvalue weighted by atomic mass is 19.1. The van der Waals surface area contributed by atoms with E-state index in [1.807, 2.05) is 46.8 Å². The van der Waals surface area contributed by atoms with E-state index in [2.05, 4.69) is 4.90 Å². The Hall–Kier alpha value is -1.13. The molecule has 0 aliphatic carbocycles. The summed E-state index contributed by atoms with van der Waals surface area (Å²) in [5, 5.41) is 0. The van der Waals surface area contributed by atoms with Crippen molar-refractivity contribution < 1.29 is 9.13 Å².